The predicted octanol–water partition coefficient (Wildman–Crippen LogP) is 2.20. The number of furan rings is 1. The number of hydrogen-bond acceptors (Lipinski definition) is 2. The lowest BCUT2D eigenvalue weighted by molar-refractivity contribution is -0.108. The predicted molar refractivity (Wildman–Crippen MR) is 42.7 cm³/mol. The third-order valence-electron chi connectivity index (χ3n) is 1.77. The molecule has 0 aromatic carbocycles. The fraction of sp³-hybridized carbons (Fsp3) is 0.444. The van der Waals surface area contributed by atoms with Gasteiger partial charge in [0.05, 0.1) is 0 Å². The largest absolute Gasteiger partial charge is 0.466 e. The Balaban J connectivity index is 3.02. The van der Waals surface area contributed by atoms with Gasteiger partial charge in [-0.25, -0.2) is 0 Å². The summed E-state index contributed by atoms with van der Waals surface area (Å²) in [5.41, 5.74) is 0.998. The standard InChI is InChI=1S/C9H12O2/c1-6(5-10)9-4-7(2)11-8(9)3/h4-6H,1-3H3. The summed E-state index contributed by atoms with van der Waals surface area (Å²) in [7, 11) is 0. The number of aryl methyl sites for hydroxylation is 2. The van der Waals surface area contributed by atoms with E-state index in [1.54, 1.807) is 0 Å². The highest BCUT2D eigenvalue weighted by Gasteiger charge is 2.10. The monoisotopic (exact) mass is 152 g/mol. The van der Waals surface area contributed by atoms with Crippen LogP contribution in [0, 0.1) is 13.8 Å². The molecule has 0 saturated carbocycles. The maximum absolute atomic E-state index is 10.4. The second-order valence-electron chi connectivity index (χ2n) is 2.79. The molecule has 1 rings (SSSR count). The zero-order valence-corrected chi connectivity index (χ0v) is 7.05. The highest BCUT2D eigenvalue weighted by molar-refractivity contribution is 5.61. The van der Waals surface area contributed by atoms with Crippen molar-refractivity contribution >= 4 is 6.29 Å². The van der Waals surface area contributed by atoms with E-state index in [1.165, 1.54) is 0 Å². The zero-order chi connectivity index (χ0) is 8.43. The van der Waals surface area contributed by atoms with E-state index in [1.807, 2.05) is 26.8 Å². The van der Waals surface area contributed by atoms with Gasteiger partial charge in [-0.1, -0.05) is 6.92 Å². The van der Waals surface area contributed by atoms with Gasteiger partial charge in [0.1, 0.15) is 17.8 Å². The first-order valence-electron chi connectivity index (χ1n) is 3.67. The molecule has 0 radical (unpaired) electrons. The zero-order valence-electron chi connectivity index (χ0n) is 7.05. The minimum atomic E-state index is -0.0487. The van der Waals surface area contributed by atoms with Crippen LogP contribution in [0.25, 0.3) is 0 Å². The quantitative estimate of drug-likeness (QED) is 0.608. The van der Waals surface area contributed by atoms with Crippen molar-refractivity contribution in [2.24, 2.45) is 0 Å². The lowest BCUT2D eigenvalue weighted by atomic mass is 10.0. The summed E-state index contributed by atoms with van der Waals surface area (Å²) in [4.78, 5) is 10.4. The van der Waals surface area contributed by atoms with Crippen molar-refractivity contribution in [3.8, 4) is 0 Å². The van der Waals surface area contributed by atoms with Gasteiger partial charge in [0, 0.05) is 11.5 Å². The lowest BCUT2D eigenvalue weighted by Gasteiger charge is -1.98. The van der Waals surface area contributed by atoms with Crippen LogP contribution in [-0.4, -0.2) is 6.29 Å². The second kappa shape index (κ2) is 2.91. The Hall–Kier alpha value is -1.05. The number of hydrogen-bond donors (Lipinski definition) is 0. The molecule has 2 nitrogen and oxygen atoms in total. The smallest absolute Gasteiger partial charge is 0.127 e. The van der Waals surface area contributed by atoms with Gasteiger partial charge in [-0.2, -0.15) is 0 Å². The molecular weight excluding hydrogens is 140 g/mol. The summed E-state index contributed by atoms with van der Waals surface area (Å²) in [6.07, 6.45) is 0.928. The van der Waals surface area contributed by atoms with Crippen molar-refractivity contribution < 1.29 is 9.21 Å². The molecule has 60 valence electrons. The molecule has 2 heteroatoms. The number of rotatable bonds is 2. The molecule has 0 aliphatic heterocycles. The van der Waals surface area contributed by atoms with Gasteiger partial charge in [-0.05, 0) is 19.9 Å². The van der Waals surface area contributed by atoms with E-state index in [0.29, 0.717) is 0 Å². The van der Waals surface area contributed by atoms with Crippen LogP contribution in [0.2, 0.25) is 0 Å². The van der Waals surface area contributed by atoms with Gasteiger partial charge in [-0.15, -0.1) is 0 Å². The first kappa shape index (κ1) is 8.05. The van der Waals surface area contributed by atoms with Crippen LogP contribution in [0.15, 0.2) is 10.5 Å². The Labute approximate surface area is 66.2 Å². The van der Waals surface area contributed by atoms with Crippen LogP contribution in [0.5, 0.6) is 0 Å². The Kier molecular flexibility index (Phi) is 2.13. The normalized spacial score (nSPS) is 13.0. The van der Waals surface area contributed by atoms with Crippen molar-refractivity contribution in [3.63, 3.8) is 0 Å². The SMILES string of the molecule is Cc1cc(C(C)C=O)c(C)o1. The topological polar surface area (TPSA) is 30.2 Å². The summed E-state index contributed by atoms with van der Waals surface area (Å²) < 4.78 is 5.28. The van der Waals surface area contributed by atoms with Crippen LogP contribution in [0.1, 0.15) is 29.9 Å². The van der Waals surface area contributed by atoms with Gasteiger partial charge in [0.2, 0.25) is 0 Å². The third kappa shape index (κ3) is 1.50. The molecule has 1 heterocycles. The van der Waals surface area contributed by atoms with Gasteiger partial charge < -0.3 is 9.21 Å². The average molecular weight is 152 g/mol. The Bertz CT molecular complexity index is 261. The van der Waals surface area contributed by atoms with Crippen LogP contribution < -0.4 is 0 Å². The Morgan fingerprint density at radius 1 is 1.55 bits per heavy atom. The van der Waals surface area contributed by atoms with Crippen LogP contribution in [-0.2, 0) is 4.79 Å². The Morgan fingerprint density at radius 2 is 2.18 bits per heavy atom. The molecule has 0 spiro atoms. The maximum Gasteiger partial charge on any atom is 0.127 e. The van der Waals surface area contributed by atoms with Gasteiger partial charge in [0.15, 0.2) is 0 Å². The van der Waals surface area contributed by atoms with Crippen molar-refractivity contribution in [2.45, 2.75) is 26.7 Å². The molecule has 0 aliphatic rings. The Morgan fingerprint density at radius 3 is 2.55 bits per heavy atom. The molecule has 0 aliphatic carbocycles. The molecule has 0 bridgehead atoms. The molecule has 0 saturated heterocycles. The highest BCUT2D eigenvalue weighted by atomic mass is 16.3. The molecule has 11 heavy (non-hydrogen) atoms. The van der Waals surface area contributed by atoms with Gasteiger partial charge >= 0.3 is 0 Å². The summed E-state index contributed by atoms with van der Waals surface area (Å²) in [6, 6.07) is 1.91. The van der Waals surface area contributed by atoms with Crippen molar-refractivity contribution in [2.75, 3.05) is 0 Å². The molecule has 1 aromatic heterocycles. The van der Waals surface area contributed by atoms with Crippen molar-refractivity contribution in [1.29, 1.82) is 0 Å². The average Bonchev–Trinajstić information content (AvgIpc) is 2.28. The molecule has 0 amide bonds. The fourth-order valence-corrected chi connectivity index (χ4v) is 1.18. The van der Waals surface area contributed by atoms with Crippen LogP contribution in [0.3, 0.4) is 0 Å². The molecular formula is C9H12O2. The summed E-state index contributed by atoms with van der Waals surface area (Å²) in [6.45, 7) is 5.63. The minimum absolute atomic E-state index is 0.0487. The first-order chi connectivity index (χ1) is 5.15. The fourth-order valence-electron chi connectivity index (χ4n) is 1.18. The molecule has 1 aromatic rings. The van der Waals surface area contributed by atoms with E-state index >= 15 is 0 Å². The maximum atomic E-state index is 10.4. The summed E-state index contributed by atoms with van der Waals surface area (Å²) in [5.74, 6) is 1.67. The molecule has 1 unspecified atom stereocenters. The van der Waals surface area contributed by atoms with E-state index in [-0.39, 0.29) is 5.92 Å². The minimum Gasteiger partial charge on any atom is -0.466 e. The highest BCUT2D eigenvalue weighted by Crippen LogP contribution is 2.20. The molecule has 0 N–H and O–H groups in total. The van der Waals surface area contributed by atoms with Gasteiger partial charge in [-0.3, -0.25) is 0 Å². The van der Waals surface area contributed by atoms with Crippen LogP contribution in [0.4, 0.5) is 0 Å². The van der Waals surface area contributed by atoms with E-state index < -0.39 is 0 Å². The summed E-state index contributed by atoms with van der Waals surface area (Å²) in [5, 5.41) is 0. The number of aldehydes is 1. The lowest BCUT2D eigenvalue weighted by Crippen LogP contribution is -1.93. The number of carbonyl (C=O) groups is 1. The molecule has 0 fully saturated rings. The first-order valence-corrected chi connectivity index (χ1v) is 3.67. The second-order valence-corrected chi connectivity index (χ2v) is 2.79. The van der Waals surface area contributed by atoms with E-state index in [2.05, 4.69) is 0 Å². The number of carbonyl (C=O) groups excluding carboxylic acids is 1. The van der Waals surface area contributed by atoms with Crippen molar-refractivity contribution in [3.05, 3.63) is 23.2 Å². The van der Waals surface area contributed by atoms with E-state index in [4.69, 9.17) is 4.42 Å². The van der Waals surface area contributed by atoms with E-state index in [0.717, 1.165) is 23.4 Å². The molecule has 1 atom stereocenters. The van der Waals surface area contributed by atoms with Crippen LogP contribution >= 0.6 is 0 Å². The van der Waals surface area contributed by atoms with Gasteiger partial charge in [0.25, 0.3) is 0 Å². The summed E-state index contributed by atoms with van der Waals surface area (Å²) >= 11 is 0. The third-order valence-corrected chi connectivity index (χ3v) is 1.77. The van der Waals surface area contributed by atoms with Crippen molar-refractivity contribution in [1.82, 2.24) is 0 Å². The van der Waals surface area contributed by atoms with E-state index in [9.17, 15) is 4.79 Å².